The first-order chi connectivity index (χ1) is 13.8. The summed E-state index contributed by atoms with van der Waals surface area (Å²) in [5.41, 5.74) is 1.04. The molecule has 1 aromatic carbocycles. The maximum atomic E-state index is 12.4. The third kappa shape index (κ3) is 4.43. The highest BCUT2D eigenvalue weighted by Crippen LogP contribution is 2.13. The molecule has 144 valence electrons. The van der Waals surface area contributed by atoms with Crippen LogP contribution in [0.4, 0.5) is 5.82 Å². The molecular formula is C21H24N6O. The van der Waals surface area contributed by atoms with Crippen molar-refractivity contribution in [2.24, 2.45) is 0 Å². The number of rotatable bonds is 7. The van der Waals surface area contributed by atoms with E-state index in [1.807, 2.05) is 36.5 Å². The van der Waals surface area contributed by atoms with Crippen LogP contribution >= 0.6 is 0 Å². The molecule has 3 heterocycles. The quantitative estimate of drug-likeness (QED) is 0.589. The van der Waals surface area contributed by atoms with Crippen LogP contribution in [0.3, 0.4) is 0 Å². The SMILES string of the molecule is O=C(c1ccccc1)c1cn(CCCN2CCN(c3ccccn3)CC2)nn1. The Labute approximate surface area is 164 Å². The van der Waals surface area contributed by atoms with Crippen LogP contribution in [0.15, 0.2) is 60.9 Å². The second kappa shape index (κ2) is 8.75. The predicted octanol–water partition coefficient (Wildman–Crippen LogP) is 2.12. The zero-order valence-electron chi connectivity index (χ0n) is 15.8. The highest BCUT2D eigenvalue weighted by molar-refractivity contribution is 6.07. The number of pyridine rings is 1. The highest BCUT2D eigenvalue weighted by Gasteiger charge is 2.17. The lowest BCUT2D eigenvalue weighted by Gasteiger charge is -2.35. The van der Waals surface area contributed by atoms with Crippen LogP contribution in [-0.4, -0.2) is 63.4 Å². The second-order valence-electron chi connectivity index (χ2n) is 6.93. The van der Waals surface area contributed by atoms with E-state index in [1.165, 1.54) is 0 Å². The second-order valence-corrected chi connectivity index (χ2v) is 6.93. The highest BCUT2D eigenvalue weighted by atomic mass is 16.1. The molecule has 2 aromatic heterocycles. The van der Waals surface area contributed by atoms with Gasteiger partial charge in [-0.25, -0.2) is 4.98 Å². The number of piperazine rings is 1. The molecule has 1 fully saturated rings. The van der Waals surface area contributed by atoms with Gasteiger partial charge < -0.3 is 4.90 Å². The van der Waals surface area contributed by atoms with E-state index in [9.17, 15) is 4.79 Å². The van der Waals surface area contributed by atoms with Crippen LogP contribution in [0.5, 0.6) is 0 Å². The molecule has 0 spiro atoms. The van der Waals surface area contributed by atoms with E-state index in [0.717, 1.165) is 51.5 Å². The van der Waals surface area contributed by atoms with E-state index in [4.69, 9.17) is 0 Å². The van der Waals surface area contributed by atoms with Gasteiger partial charge in [-0.05, 0) is 18.6 Å². The fraction of sp³-hybridized carbons (Fsp3) is 0.333. The van der Waals surface area contributed by atoms with Gasteiger partial charge in [0.05, 0.1) is 6.20 Å². The predicted molar refractivity (Wildman–Crippen MR) is 107 cm³/mol. The molecule has 1 aliphatic rings. The lowest BCUT2D eigenvalue weighted by atomic mass is 10.1. The van der Waals surface area contributed by atoms with Crippen molar-refractivity contribution >= 4 is 11.6 Å². The van der Waals surface area contributed by atoms with Gasteiger partial charge in [-0.2, -0.15) is 0 Å². The summed E-state index contributed by atoms with van der Waals surface area (Å²) in [7, 11) is 0. The summed E-state index contributed by atoms with van der Waals surface area (Å²) in [6, 6.07) is 15.2. The number of carbonyl (C=O) groups excluding carboxylic acids is 1. The zero-order chi connectivity index (χ0) is 19.2. The first-order valence-electron chi connectivity index (χ1n) is 9.68. The molecule has 28 heavy (non-hydrogen) atoms. The number of anilines is 1. The Morgan fingerprint density at radius 1 is 0.929 bits per heavy atom. The number of nitrogens with zero attached hydrogens (tertiary/aromatic N) is 6. The van der Waals surface area contributed by atoms with Crippen molar-refractivity contribution in [3.63, 3.8) is 0 Å². The Balaban J connectivity index is 1.22. The monoisotopic (exact) mass is 376 g/mol. The van der Waals surface area contributed by atoms with Gasteiger partial charge in [-0.3, -0.25) is 14.4 Å². The lowest BCUT2D eigenvalue weighted by molar-refractivity contribution is 0.103. The van der Waals surface area contributed by atoms with E-state index >= 15 is 0 Å². The molecule has 7 nitrogen and oxygen atoms in total. The summed E-state index contributed by atoms with van der Waals surface area (Å²) >= 11 is 0. The first-order valence-corrected chi connectivity index (χ1v) is 9.68. The van der Waals surface area contributed by atoms with E-state index in [0.29, 0.717) is 11.3 Å². The Morgan fingerprint density at radius 3 is 2.46 bits per heavy atom. The van der Waals surface area contributed by atoms with Crippen molar-refractivity contribution in [3.05, 3.63) is 72.2 Å². The van der Waals surface area contributed by atoms with Crippen molar-refractivity contribution in [2.45, 2.75) is 13.0 Å². The topological polar surface area (TPSA) is 67.2 Å². The van der Waals surface area contributed by atoms with Crippen LogP contribution in [0.2, 0.25) is 0 Å². The number of benzene rings is 1. The van der Waals surface area contributed by atoms with Gasteiger partial charge >= 0.3 is 0 Å². The molecule has 0 atom stereocenters. The van der Waals surface area contributed by atoms with Crippen molar-refractivity contribution in [1.82, 2.24) is 24.9 Å². The molecule has 0 amide bonds. The van der Waals surface area contributed by atoms with Crippen molar-refractivity contribution < 1.29 is 4.79 Å². The van der Waals surface area contributed by atoms with Gasteiger partial charge in [0.15, 0.2) is 5.69 Å². The molecular weight excluding hydrogens is 352 g/mol. The fourth-order valence-electron chi connectivity index (χ4n) is 3.45. The summed E-state index contributed by atoms with van der Waals surface area (Å²) in [6.07, 6.45) is 4.57. The molecule has 0 saturated carbocycles. The summed E-state index contributed by atoms with van der Waals surface area (Å²) in [6.45, 7) is 5.83. The molecule has 3 aromatic rings. The number of carbonyl (C=O) groups is 1. The molecule has 1 aliphatic heterocycles. The van der Waals surface area contributed by atoms with Crippen LogP contribution < -0.4 is 4.90 Å². The largest absolute Gasteiger partial charge is 0.354 e. The third-order valence-electron chi connectivity index (χ3n) is 5.01. The number of aromatic nitrogens is 4. The maximum Gasteiger partial charge on any atom is 0.214 e. The minimum Gasteiger partial charge on any atom is -0.354 e. The van der Waals surface area contributed by atoms with Crippen molar-refractivity contribution in [3.8, 4) is 0 Å². The molecule has 0 aliphatic carbocycles. The zero-order valence-corrected chi connectivity index (χ0v) is 15.8. The van der Waals surface area contributed by atoms with Gasteiger partial charge in [-0.1, -0.05) is 41.6 Å². The molecule has 7 heteroatoms. The molecule has 0 radical (unpaired) electrons. The maximum absolute atomic E-state index is 12.4. The number of ketones is 1. The molecule has 0 N–H and O–H groups in total. The number of hydrogen-bond donors (Lipinski definition) is 0. The van der Waals surface area contributed by atoms with Crippen molar-refractivity contribution in [1.29, 1.82) is 0 Å². The Kier molecular flexibility index (Phi) is 5.72. The number of hydrogen-bond acceptors (Lipinski definition) is 6. The average Bonchev–Trinajstić information content (AvgIpc) is 3.24. The standard InChI is InChI=1S/C21H24N6O/c28-21(18-7-2-1-3-8-18)19-17-27(24-23-19)12-6-11-25-13-15-26(16-14-25)20-9-4-5-10-22-20/h1-5,7-10,17H,6,11-16H2. The smallest absolute Gasteiger partial charge is 0.214 e. The number of aryl methyl sites for hydroxylation is 1. The van der Waals surface area contributed by atoms with Gasteiger partial charge in [0.25, 0.3) is 0 Å². The normalized spacial score (nSPS) is 14.9. The van der Waals surface area contributed by atoms with Crippen LogP contribution in [0, 0.1) is 0 Å². The van der Waals surface area contributed by atoms with Crippen LogP contribution in [-0.2, 0) is 6.54 Å². The summed E-state index contributed by atoms with van der Waals surface area (Å²) in [5, 5.41) is 8.15. The van der Waals surface area contributed by atoms with Crippen LogP contribution in [0.1, 0.15) is 22.5 Å². The van der Waals surface area contributed by atoms with Crippen LogP contribution in [0.25, 0.3) is 0 Å². The molecule has 0 unspecified atom stereocenters. The molecule has 0 bridgehead atoms. The summed E-state index contributed by atoms with van der Waals surface area (Å²) in [5.74, 6) is 0.970. The minimum absolute atomic E-state index is 0.0857. The average molecular weight is 376 g/mol. The van der Waals surface area contributed by atoms with Gasteiger partial charge in [0.2, 0.25) is 5.78 Å². The van der Waals surface area contributed by atoms with E-state index in [1.54, 1.807) is 23.0 Å². The first kappa shape index (κ1) is 18.3. The van der Waals surface area contributed by atoms with E-state index in [-0.39, 0.29) is 5.78 Å². The van der Waals surface area contributed by atoms with E-state index < -0.39 is 0 Å². The lowest BCUT2D eigenvalue weighted by Crippen LogP contribution is -2.47. The fourth-order valence-corrected chi connectivity index (χ4v) is 3.45. The van der Waals surface area contributed by atoms with E-state index in [2.05, 4.69) is 31.2 Å². The van der Waals surface area contributed by atoms with Crippen molar-refractivity contribution in [2.75, 3.05) is 37.6 Å². The summed E-state index contributed by atoms with van der Waals surface area (Å²) in [4.78, 5) is 21.6. The summed E-state index contributed by atoms with van der Waals surface area (Å²) < 4.78 is 1.76. The molecule has 4 rings (SSSR count). The Morgan fingerprint density at radius 2 is 1.71 bits per heavy atom. The van der Waals surface area contributed by atoms with Gasteiger partial charge in [-0.15, -0.1) is 5.10 Å². The Bertz CT molecular complexity index is 888. The Hall–Kier alpha value is -3.06. The third-order valence-corrected chi connectivity index (χ3v) is 5.01. The van der Waals surface area contributed by atoms with Gasteiger partial charge in [0.1, 0.15) is 5.82 Å². The molecule has 1 saturated heterocycles. The minimum atomic E-state index is -0.0857. The van der Waals surface area contributed by atoms with Gasteiger partial charge in [0, 0.05) is 51.0 Å².